The van der Waals surface area contributed by atoms with Gasteiger partial charge in [-0.1, -0.05) is 23.9 Å². The van der Waals surface area contributed by atoms with Gasteiger partial charge in [-0.3, -0.25) is 4.79 Å². The molecule has 0 saturated heterocycles. The number of hydrogen-bond donors (Lipinski definition) is 2. The number of H-pyrrole nitrogens is 1. The Kier molecular flexibility index (Phi) is 3.62. The zero-order chi connectivity index (χ0) is 11.7. The van der Waals surface area contributed by atoms with Crippen LogP contribution in [0, 0.1) is 0 Å². The van der Waals surface area contributed by atoms with Crippen molar-refractivity contribution in [2.45, 2.75) is 4.90 Å². The number of benzene rings is 1. The monoisotopic (exact) mass is 253 g/mol. The van der Waals surface area contributed by atoms with Gasteiger partial charge in [-0.25, -0.2) is 0 Å². The summed E-state index contributed by atoms with van der Waals surface area (Å²) in [6, 6.07) is 9.73. The minimum atomic E-state index is -0.0464. The van der Waals surface area contributed by atoms with Crippen molar-refractivity contribution in [3.63, 3.8) is 0 Å². The fourth-order valence-electron chi connectivity index (χ4n) is 1.68. The first-order chi connectivity index (χ1) is 8.33. The highest BCUT2D eigenvalue weighted by atomic mass is 32.2. The number of thioether (sulfide) groups is 1. The van der Waals surface area contributed by atoms with Gasteiger partial charge in [0.05, 0.1) is 10.6 Å². The smallest absolute Gasteiger partial charge is 0.262 e. The zero-order valence-corrected chi connectivity index (χ0v) is 10.3. The van der Waals surface area contributed by atoms with Crippen LogP contribution in [0.5, 0.6) is 0 Å². The summed E-state index contributed by atoms with van der Waals surface area (Å²) in [4.78, 5) is 16.6. The van der Waals surface area contributed by atoms with Crippen LogP contribution in [0.2, 0.25) is 0 Å². The summed E-state index contributed by atoms with van der Waals surface area (Å²) in [7, 11) is 0. The average molecular weight is 253 g/mol. The third kappa shape index (κ3) is 2.36. The Bertz CT molecular complexity index is 593. The van der Waals surface area contributed by atoms with Crippen molar-refractivity contribution in [2.24, 2.45) is 0 Å². The van der Waals surface area contributed by atoms with Crippen molar-refractivity contribution in [1.29, 1.82) is 0 Å². The molecule has 3 nitrogen and oxygen atoms in total. The summed E-state index contributed by atoms with van der Waals surface area (Å²) in [5, 5.41) is 2.88. The standard InChI is InChI=1S/C13H10N2OS.B/c16-13-12(7-9-5-6-14-8-9)17-11-4-2-1-3-10(11)15-13;/h1-8,14H,(H,15,16);. The van der Waals surface area contributed by atoms with Crippen LogP contribution >= 0.6 is 11.8 Å². The second-order valence-electron chi connectivity index (χ2n) is 3.71. The van der Waals surface area contributed by atoms with Gasteiger partial charge in [-0.05, 0) is 29.8 Å². The van der Waals surface area contributed by atoms with Gasteiger partial charge in [0, 0.05) is 25.7 Å². The molecule has 0 fully saturated rings. The van der Waals surface area contributed by atoms with Gasteiger partial charge in [-0.2, -0.15) is 0 Å². The van der Waals surface area contributed by atoms with Crippen LogP contribution in [0.4, 0.5) is 5.69 Å². The molecule has 87 valence electrons. The minimum Gasteiger partial charge on any atom is -0.367 e. The second-order valence-corrected chi connectivity index (χ2v) is 4.79. The number of rotatable bonds is 1. The molecule has 1 aromatic carbocycles. The van der Waals surface area contributed by atoms with Crippen LogP contribution in [0.15, 0.2) is 52.5 Å². The molecule has 1 amide bonds. The first kappa shape index (κ1) is 12.6. The topological polar surface area (TPSA) is 44.9 Å². The highest BCUT2D eigenvalue weighted by Crippen LogP contribution is 2.38. The molecular weight excluding hydrogens is 243 g/mol. The number of fused-ring (bicyclic) bond motifs is 1. The van der Waals surface area contributed by atoms with E-state index < -0.39 is 0 Å². The number of carbonyl (C=O) groups excluding carboxylic acids is 1. The second kappa shape index (κ2) is 5.18. The van der Waals surface area contributed by atoms with Crippen molar-refractivity contribution in [1.82, 2.24) is 4.98 Å². The number of carbonyl (C=O) groups is 1. The van der Waals surface area contributed by atoms with Crippen molar-refractivity contribution < 1.29 is 4.79 Å². The molecule has 0 spiro atoms. The lowest BCUT2D eigenvalue weighted by Gasteiger charge is -2.17. The molecule has 3 radical (unpaired) electrons. The maximum absolute atomic E-state index is 11.9. The number of nitrogens with one attached hydrogen (secondary N) is 2. The normalized spacial score (nSPS) is 15.8. The molecule has 1 aliphatic rings. The van der Waals surface area contributed by atoms with Crippen molar-refractivity contribution in [3.05, 3.63) is 53.2 Å². The third-order valence-corrected chi connectivity index (χ3v) is 3.60. The molecular formula is C13H10BN2OS. The highest BCUT2D eigenvalue weighted by molar-refractivity contribution is 8.04. The molecule has 0 aliphatic carbocycles. The van der Waals surface area contributed by atoms with E-state index in [1.807, 2.05) is 48.8 Å². The van der Waals surface area contributed by atoms with E-state index in [0.29, 0.717) is 4.91 Å². The number of amides is 1. The maximum atomic E-state index is 11.9. The number of anilines is 1. The van der Waals surface area contributed by atoms with E-state index >= 15 is 0 Å². The van der Waals surface area contributed by atoms with Gasteiger partial charge in [0.1, 0.15) is 0 Å². The minimum absolute atomic E-state index is 0. The van der Waals surface area contributed by atoms with E-state index in [4.69, 9.17) is 0 Å². The Morgan fingerprint density at radius 1 is 1.17 bits per heavy atom. The van der Waals surface area contributed by atoms with Crippen molar-refractivity contribution in [2.75, 3.05) is 5.32 Å². The fourth-order valence-corrected chi connectivity index (χ4v) is 2.63. The zero-order valence-electron chi connectivity index (χ0n) is 9.51. The molecule has 5 heteroatoms. The van der Waals surface area contributed by atoms with Crippen molar-refractivity contribution in [3.8, 4) is 0 Å². The van der Waals surface area contributed by atoms with Crippen LogP contribution < -0.4 is 5.32 Å². The van der Waals surface area contributed by atoms with Gasteiger partial charge >= 0.3 is 0 Å². The Labute approximate surface area is 111 Å². The Balaban J connectivity index is 0.00000120. The van der Waals surface area contributed by atoms with Crippen LogP contribution in [0.25, 0.3) is 6.08 Å². The first-order valence-electron chi connectivity index (χ1n) is 5.26. The molecule has 1 aromatic heterocycles. The van der Waals surface area contributed by atoms with E-state index in [2.05, 4.69) is 10.3 Å². The summed E-state index contributed by atoms with van der Waals surface area (Å²) < 4.78 is 0. The van der Waals surface area contributed by atoms with Crippen LogP contribution in [-0.4, -0.2) is 19.3 Å². The van der Waals surface area contributed by atoms with E-state index in [0.717, 1.165) is 16.1 Å². The van der Waals surface area contributed by atoms with Crippen LogP contribution in [0.3, 0.4) is 0 Å². The van der Waals surface area contributed by atoms with E-state index in [1.54, 1.807) is 0 Å². The number of para-hydroxylation sites is 1. The Hall–Kier alpha value is -1.88. The lowest BCUT2D eigenvalue weighted by molar-refractivity contribution is -0.112. The van der Waals surface area contributed by atoms with Crippen LogP contribution in [0.1, 0.15) is 5.56 Å². The summed E-state index contributed by atoms with van der Waals surface area (Å²) in [5.41, 5.74) is 1.88. The molecule has 0 unspecified atom stereocenters. The Morgan fingerprint density at radius 2 is 2.00 bits per heavy atom. The van der Waals surface area contributed by atoms with Gasteiger partial charge in [-0.15, -0.1) is 0 Å². The molecule has 0 saturated carbocycles. The molecule has 0 atom stereocenters. The van der Waals surface area contributed by atoms with E-state index in [-0.39, 0.29) is 14.3 Å². The maximum Gasteiger partial charge on any atom is 0.262 e. The first-order valence-corrected chi connectivity index (χ1v) is 6.07. The summed E-state index contributed by atoms with van der Waals surface area (Å²) >= 11 is 1.50. The highest BCUT2D eigenvalue weighted by Gasteiger charge is 2.20. The molecule has 1 aliphatic heterocycles. The largest absolute Gasteiger partial charge is 0.367 e. The third-order valence-electron chi connectivity index (χ3n) is 2.50. The SMILES string of the molecule is O=C1Nc2ccccc2SC1=Cc1cc[nH]c1.[B]. The van der Waals surface area contributed by atoms with Gasteiger partial charge in [0.25, 0.3) is 5.91 Å². The molecule has 2 aromatic rings. The van der Waals surface area contributed by atoms with Gasteiger partial charge in [0.2, 0.25) is 0 Å². The predicted octanol–water partition coefficient (Wildman–Crippen LogP) is 2.72. The Morgan fingerprint density at radius 3 is 2.78 bits per heavy atom. The molecule has 0 bridgehead atoms. The lowest BCUT2D eigenvalue weighted by Crippen LogP contribution is -2.16. The average Bonchev–Trinajstić information content (AvgIpc) is 2.83. The number of hydrogen-bond acceptors (Lipinski definition) is 2. The van der Waals surface area contributed by atoms with E-state index in [9.17, 15) is 4.79 Å². The quantitative estimate of drug-likeness (QED) is 0.606. The summed E-state index contributed by atoms with van der Waals surface area (Å²) in [5.74, 6) is -0.0464. The number of aromatic amines is 1. The lowest BCUT2D eigenvalue weighted by atomic mass is 10.2. The number of aromatic nitrogens is 1. The van der Waals surface area contributed by atoms with E-state index in [1.165, 1.54) is 11.8 Å². The molecule has 3 rings (SSSR count). The summed E-state index contributed by atoms with van der Waals surface area (Å²) in [6.07, 6.45) is 5.58. The molecule has 2 heterocycles. The summed E-state index contributed by atoms with van der Waals surface area (Å²) in [6.45, 7) is 0. The van der Waals surface area contributed by atoms with Gasteiger partial charge in [0.15, 0.2) is 0 Å². The van der Waals surface area contributed by atoms with Crippen molar-refractivity contribution >= 4 is 37.8 Å². The van der Waals surface area contributed by atoms with Gasteiger partial charge < -0.3 is 10.3 Å². The molecule has 2 N–H and O–H groups in total. The molecule has 18 heavy (non-hydrogen) atoms. The predicted molar refractivity (Wildman–Crippen MR) is 75.5 cm³/mol. The fraction of sp³-hybridized carbons (Fsp3) is 0. The van der Waals surface area contributed by atoms with Crippen LogP contribution in [-0.2, 0) is 4.79 Å².